The summed E-state index contributed by atoms with van der Waals surface area (Å²) < 4.78 is 18.0. The van der Waals surface area contributed by atoms with E-state index in [0.29, 0.717) is 0 Å². The Morgan fingerprint density at radius 3 is 2.86 bits per heavy atom. The van der Waals surface area contributed by atoms with Crippen LogP contribution in [-0.2, 0) is 4.79 Å². The van der Waals surface area contributed by atoms with Gasteiger partial charge in [0.1, 0.15) is 0 Å². The van der Waals surface area contributed by atoms with Gasteiger partial charge in [0.15, 0.2) is 17.7 Å². The molecule has 0 unspecified atom stereocenters. The van der Waals surface area contributed by atoms with Crippen molar-refractivity contribution in [2.24, 2.45) is 0 Å². The molecule has 0 aliphatic carbocycles. The van der Waals surface area contributed by atoms with Crippen molar-refractivity contribution < 1.29 is 19.0 Å². The average Bonchev–Trinajstić information content (AvgIpc) is 2.12. The summed E-state index contributed by atoms with van der Waals surface area (Å²) >= 11 is 5.47. The van der Waals surface area contributed by atoms with Gasteiger partial charge in [-0.3, -0.25) is 0 Å². The number of halogens is 2. The molecule has 0 saturated carbocycles. The molecule has 3 nitrogen and oxygen atoms in total. The molecular formula is C9H8ClFO3. The van der Waals surface area contributed by atoms with Gasteiger partial charge in [-0.05, 0) is 19.1 Å². The van der Waals surface area contributed by atoms with E-state index in [1.54, 1.807) is 0 Å². The Kier molecular flexibility index (Phi) is 3.30. The maximum Gasteiger partial charge on any atom is 0.344 e. The van der Waals surface area contributed by atoms with E-state index in [-0.39, 0.29) is 10.8 Å². The Balaban J connectivity index is 2.87. The third-order valence-electron chi connectivity index (χ3n) is 1.57. The van der Waals surface area contributed by atoms with Gasteiger partial charge in [-0.25, -0.2) is 9.18 Å². The molecule has 0 aliphatic heterocycles. The van der Waals surface area contributed by atoms with Crippen LogP contribution >= 0.6 is 11.6 Å². The predicted octanol–water partition coefficient (Wildman–Crippen LogP) is 2.33. The molecule has 14 heavy (non-hydrogen) atoms. The van der Waals surface area contributed by atoms with Crippen molar-refractivity contribution in [3.63, 3.8) is 0 Å². The SMILES string of the molecule is C[C@H](Oc1cccc(Cl)c1F)C(=O)O. The largest absolute Gasteiger partial charge is 0.479 e. The first-order chi connectivity index (χ1) is 6.52. The molecule has 0 amide bonds. The van der Waals surface area contributed by atoms with Crippen molar-refractivity contribution in [2.45, 2.75) is 13.0 Å². The third kappa shape index (κ3) is 2.35. The lowest BCUT2D eigenvalue weighted by Crippen LogP contribution is -2.23. The quantitative estimate of drug-likeness (QED) is 0.847. The van der Waals surface area contributed by atoms with Gasteiger partial charge in [0.05, 0.1) is 5.02 Å². The number of hydrogen-bond acceptors (Lipinski definition) is 2. The maximum atomic E-state index is 13.2. The van der Waals surface area contributed by atoms with Crippen LogP contribution in [-0.4, -0.2) is 17.2 Å². The molecule has 0 bridgehead atoms. The van der Waals surface area contributed by atoms with E-state index in [4.69, 9.17) is 21.4 Å². The van der Waals surface area contributed by atoms with Crippen LogP contribution in [0.3, 0.4) is 0 Å². The molecule has 5 heteroatoms. The van der Waals surface area contributed by atoms with Crippen molar-refractivity contribution in [3.8, 4) is 5.75 Å². The van der Waals surface area contributed by atoms with Gasteiger partial charge in [-0.1, -0.05) is 17.7 Å². The summed E-state index contributed by atoms with van der Waals surface area (Å²) in [4.78, 5) is 10.4. The Labute approximate surface area is 85.1 Å². The van der Waals surface area contributed by atoms with E-state index in [9.17, 15) is 9.18 Å². The highest BCUT2D eigenvalue weighted by Gasteiger charge is 2.15. The summed E-state index contributed by atoms with van der Waals surface area (Å²) in [6, 6.07) is 4.16. The molecule has 1 N–H and O–H groups in total. The number of ether oxygens (including phenoxy) is 1. The Morgan fingerprint density at radius 1 is 1.64 bits per heavy atom. The van der Waals surface area contributed by atoms with Crippen molar-refractivity contribution in [1.29, 1.82) is 0 Å². The van der Waals surface area contributed by atoms with Gasteiger partial charge >= 0.3 is 5.97 Å². The van der Waals surface area contributed by atoms with Crippen LogP contribution in [0, 0.1) is 5.82 Å². The molecule has 0 aliphatic rings. The van der Waals surface area contributed by atoms with Gasteiger partial charge in [-0.2, -0.15) is 0 Å². The molecule has 76 valence electrons. The fourth-order valence-corrected chi connectivity index (χ4v) is 0.982. The first-order valence-corrected chi connectivity index (χ1v) is 4.23. The van der Waals surface area contributed by atoms with Gasteiger partial charge in [0.25, 0.3) is 0 Å². The third-order valence-corrected chi connectivity index (χ3v) is 1.86. The summed E-state index contributed by atoms with van der Waals surface area (Å²) in [5, 5.41) is 8.43. The predicted molar refractivity (Wildman–Crippen MR) is 49.1 cm³/mol. The number of carboxylic acids is 1. The second kappa shape index (κ2) is 4.28. The zero-order valence-corrected chi connectivity index (χ0v) is 8.08. The number of rotatable bonds is 3. The smallest absolute Gasteiger partial charge is 0.344 e. The maximum absolute atomic E-state index is 13.2. The van der Waals surface area contributed by atoms with E-state index >= 15 is 0 Å². The molecule has 0 saturated heterocycles. The lowest BCUT2D eigenvalue weighted by molar-refractivity contribution is -0.144. The zero-order chi connectivity index (χ0) is 10.7. The molecule has 1 aromatic rings. The van der Waals surface area contributed by atoms with Gasteiger partial charge in [0, 0.05) is 0 Å². The van der Waals surface area contributed by atoms with Crippen LogP contribution in [0.25, 0.3) is 0 Å². The summed E-state index contributed by atoms with van der Waals surface area (Å²) in [6.45, 7) is 1.31. The number of aliphatic carboxylic acids is 1. The molecule has 0 aromatic heterocycles. The number of carboxylic acid groups (broad SMARTS) is 1. The summed E-state index contributed by atoms with van der Waals surface area (Å²) in [5.41, 5.74) is 0. The fourth-order valence-electron chi connectivity index (χ4n) is 0.816. The summed E-state index contributed by atoms with van der Waals surface area (Å²) in [7, 11) is 0. The fraction of sp³-hybridized carbons (Fsp3) is 0.222. The molecular weight excluding hydrogens is 211 g/mol. The molecule has 0 fully saturated rings. The minimum absolute atomic E-state index is 0.0971. The van der Waals surface area contributed by atoms with E-state index < -0.39 is 17.9 Å². The van der Waals surface area contributed by atoms with E-state index in [0.717, 1.165) is 0 Å². The lowest BCUT2D eigenvalue weighted by Gasteiger charge is -2.11. The highest BCUT2D eigenvalue weighted by Crippen LogP contribution is 2.24. The summed E-state index contributed by atoms with van der Waals surface area (Å²) in [5.74, 6) is -2.07. The highest BCUT2D eigenvalue weighted by molar-refractivity contribution is 6.30. The molecule has 0 heterocycles. The van der Waals surface area contributed by atoms with Crippen LogP contribution in [0.5, 0.6) is 5.75 Å². The highest BCUT2D eigenvalue weighted by atomic mass is 35.5. The Morgan fingerprint density at radius 2 is 2.29 bits per heavy atom. The summed E-state index contributed by atoms with van der Waals surface area (Å²) in [6.07, 6.45) is -1.11. The van der Waals surface area contributed by atoms with Crippen LogP contribution < -0.4 is 4.74 Å². The van der Waals surface area contributed by atoms with Gasteiger partial charge in [-0.15, -0.1) is 0 Å². The van der Waals surface area contributed by atoms with Crippen molar-refractivity contribution >= 4 is 17.6 Å². The van der Waals surface area contributed by atoms with Gasteiger partial charge in [0.2, 0.25) is 0 Å². The average molecular weight is 219 g/mol. The van der Waals surface area contributed by atoms with Crippen LogP contribution in [0.1, 0.15) is 6.92 Å². The second-order valence-electron chi connectivity index (χ2n) is 2.65. The Bertz CT molecular complexity index is 354. The number of hydrogen-bond donors (Lipinski definition) is 1. The number of carbonyl (C=O) groups is 1. The topological polar surface area (TPSA) is 46.5 Å². The lowest BCUT2D eigenvalue weighted by atomic mass is 10.3. The van der Waals surface area contributed by atoms with Crippen molar-refractivity contribution in [2.75, 3.05) is 0 Å². The normalized spacial score (nSPS) is 12.2. The van der Waals surface area contributed by atoms with Crippen LogP contribution in [0.4, 0.5) is 4.39 Å². The molecule has 0 radical (unpaired) electrons. The van der Waals surface area contributed by atoms with Crippen molar-refractivity contribution in [1.82, 2.24) is 0 Å². The molecule has 1 atom stereocenters. The Hall–Kier alpha value is -1.29. The second-order valence-corrected chi connectivity index (χ2v) is 3.06. The standard InChI is InChI=1S/C9H8ClFO3/c1-5(9(12)13)14-7-4-2-3-6(10)8(7)11/h2-5H,1H3,(H,12,13)/t5-/m0/s1. The zero-order valence-electron chi connectivity index (χ0n) is 7.33. The van der Waals surface area contributed by atoms with Crippen LogP contribution in [0.2, 0.25) is 5.02 Å². The van der Waals surface area contributed by atoms with E-state index in [2.05, 4.69) is 0 Å². The molecule has 1 aromatic carbocycles. The number of benzene rings is 1. The first kappa shape index (κ1) is 10.8. The minimum Gasteiger partial charge on any atom is -0.479 e. The molecule has 1 rings (SSSR count). The van der Waals surface area contributed by atoms with Crippen molar-refractivity contribution in [3.05, 3.63) is 29.0 Å². The first-order valence-electron chi connectivity index (χ1n) is 3.86. The van der Waals surface area contributed by atoms with Gasteiger partial charge < -0.3 is 9.84 Å². The molecule has 0 spiro atoms. The monoisotopic (exact) mass is 218 g/mol. The van der Waals surface area contributed by atoms with E-state index in [1.807, 2.05) is 0 Å². The minimum atomic E-state index is -1.16. The van der Waals surface area contributed by atoms with E-state index in [1.165, 1.54) is 25.1 Å². The van der Waals surface area contributed by atoms with Crippen LogP contribution in [0.15, 0.2) is 18.2 Å².